The van der Waals surface area contributed by atoms with Gasteiger partial charge in [-0.05, 0) is 44.0 Å². The maximum Gasteiger partial charge on any atom is 0.338 e. The van der Waals surface area contributed by atoms with E-state index in [0.29, 0.717) is 12.2 Å². The Morgan fingerprint density at radius 1 is 1.27 bits per heavy atom. The average Bonchev–Trinajstić information content (AvgIpc) is 2.16. The van der Waals surface area contributed by atoms with E-state index in [1.807, 2.05) is 26.0 Å². The van der Waals surface area contributed by atoms with Crippen molar-refractivity contribution in [1.82, 2.24) is 0 Å². The molecule has 0 aliphatic carbocycles. The van der Waals surface area contributed by atoms with Gasteiger partial charge in [0.05, 0.1) is 19.3 Å². The molecule has 15 heavy (non-hydrogen) atoms. The highest BCUT2D eigenvalue weighted by Crippen LogP contribution is 2.22. The van der Waals surface area contributed by atoms with Crippen LogP contribution >= 0.6 is 0 Å². The molecule has 0 N–H and O–H groups in total. The van der Waals surface area contributed by atoms with E-state index in [1.165, 1.54) is 0 Å². The van der Waals surface area contributed by atoms with Crippen molar-refractivity contribution in [2.75, 3.05) is 13.7 Å². The zero-order chi connectivity index (χ0) is 11.4. The Morgan fingerprint density at radius 2 is 1.80 bits per heavy atom. The lowest BCUT2D eigenvalue weighted by molar-refractivity contribution is 0.0524. The molecule has 3 nitrogen and oxygen atoms in total. The van der Waals surface area contributed by atoms with Gasteiger partial charge in [-0.2, -0.15) is 0 Å². The number of rotatable bonds is 3. The Kier molecular flexibility index (Phi) is 3.72. The van der Waals surface area contributed by atoms with Crippen molar-refractivity contribution >= 4 is 5.97 Å². The van der Waals surface area contributed by atoms with E-state index in [2.05, 4.69) is 0 Å². The molecule has 0 atom stereocenters. The average molecular weight is 208 g/mol. The number of aryl methyl sites for hydroxylation is 2. The van der Waals surface area contributed by atoms with E-state index in [-0.39, 0.29) is 5.97 Å². The van der Waals surface area contributed by atoms with Crippen molar-refractivity contribution in [2.24, 2.45) is 0 Å². The van der Waals surface area contributed by atoms with Crippen LogP contribution in [0.25, 0.3) is 0 Å². The van der Waals surface area contributed by atoms with Crippen LogP contribution in [0.2, 0.25) is 0 Å². The molecule has 0 saturated carbocycles. The highest BCUT2D eigenvalue weighted by Gasteiger charge is 2.14. The Morgan fingerprint density at radius 3 is 2.20 bits per heavy atom. The molecule has 0 aromatic heterocycles. The Balaban J connectivity index is 3.13. The summed E-state index contributed by atoms with van der Waals surface area (Å²) in [5.41, 5.74) is 2.40. The highest BCUT2D eigenvalue weighted by molar-refractivity contribution is 5.92. The molecule has 1 rings (SSSR count). The fourth-order valence-electron chi connectivity index (χ4n) is 1.57. The second-order valence-corrected chi connectivity index (χ2v) is 3.36. The van der Waals surface area contributed by atoms with Crippen molar-refractivity contribution in [3.63, 3.8) is 0 Å². The number of hydrogen-bond acceptors (Lipinski definition) is 3. The van der Waals surface area contributed by atoms with E-state index < -0.39 is 0 Å². The van der Waals surface area contributed by atoms with Gasteiger partial charge in [-0.25, -0.2) is 4.79 Å². The van der Waals surface area contributed by atoms with E-state index in [4.69, 9.17) is 9.47 Å². The first-order valence-electron chi connectivity index (χ1n) is 4.92. The summed E-state index contributed by atoms with van der Waals surface area (Å²) in [6, 6.07) is 3.67. The zero-order valence-electron chi connectivity index (χ0n) is 9.59. The molecule has 0 bridgehead atoms. The maximum atomic E-state index is 11.6. The molecule has 82 valence electrons. The van der Waals surface area contributed by atoms with Crippen molar-refractivity contribution in [3.05, 3.63) is 28.8 Å². The summed E-state index contributed by atoms with van der Waals surface area (Å²) in [6.07, 6.45) is 0. The van der Waals surface area contributed by atoms with Gasteiger partial charge in [0.25, 0.3) is 0 Å². The first-order valence-corrected chi connectivity index (χ1v) is 4.92. The topological polar surface area (TPSA) is 35.5 Å². The summed E-state index contributed by atoms with van der Waals surface area (Å²) >= 11 is 0. The predicted molar refractivity (Wildman–Crippen MR) is 58.4 cm³/mol. The summed E-state index contributed by atoms with van der Waals surface area (Å²) in [6.45, 7) is 5.94. The monoisotopic (exact) mass is 208 g/mol. The van der Waals surface area contributed by atoms with E-state index in [1.54, 1.807) is 14.0 Å². The standard InChI is InChI=1S/C12H16O3/c1-5-15-12(13)11-8(2)6-10(14-4)7-9(11)3/h6-7H,5H2,1-4H3. The summed E-state index contributed by atoms with van der Waals surface area (Å²) in [7, 11) is 1.61. The van der Waals surface area contributed by atoms with Crippen LogP contribution in [-0.2, 0) is 4.74 Å². The van der Waals surface area contributed by atoms with Gasteiger partial charge in [0.15, 0.2) is 0 Å². The molecule has 0 heterocycles. The number of carbonyl (C=O) groups excluding carboxylic acids is 1. The molecule has 0 fully saturated rings. The third-order valence-electron chi connectivity index (χ3n) is 2.22. The minimum atomic E-state index is -0.268. The van der Waals surface area contributed by atoms with E-state index in [0.717, 1.165) is 16.9 Å². The summed E-state index contributed by atoms with van der Waals surface area (Å²) in [5, 5.41) is 0. The molecule has 0 unspecified atom stereocenters. The molecule has 3 heteroatoms. The van der Waals surface area contributed by atoms with Gasteiger partial charge in [0.1, 0.15) is 5.75 Å². The van der Waals surface area contributed by atoms with Crippen LogP contribution in [0.3, 0.4) is 0 Å². The molecule has 0 amide bonds. The first-order chi connectivity index (χ1) is 7.10. The third-order valence-corrected chi connectivity index (χ3v) is 2.22. The van der Waals surface area contributed by atoms with Crippen LogP contribution < -0.4 is 4.74 Å². The number of benzene rings is 1. The fourth-order valence-corrected chi connectivity index (χ4v) is 1.57. The molecule has 0 spiro atoms. The third kappa shape index (κ3) is 2.49. The van der Waals surface area contributed by atoms with Crippen LogP contribution in [0, 0.1) is 13.8 Å². The van der Waals surface area contributed by atoms with Gasteiger partial charge in [-0.3, -0.25) is 0 Å². The molecular weight excluding hydrogens is 192 g/mol. The second-order valence-electron chi connectivity index (χ2n) is 3.36. The fraction of sp³-hybridized carbons (Fsp3) is 0.417. The lowest BCUT2D eigenvalue weighted by Crippen LogP contribution is -2.09. The van der Waals surface area contributed by atoms with Crippen LogP contribution in [0.1, 0.15) is 28.4 Å². The largest absolute Gasteiger partial charge is 0.497 e. The second kappa shape index (κ2) is 4.82. The Bertz CT molecular complexity index is 346. The molecule has 0 radical (unpaired) electrons. The van der Waals surface area contributed by atoms with Crippen LogP contribution in [-0.4, -0.2) is 19.7 Å². The van der Waals surface area contributed by atoms with Crippen molar-refractivity contribution in [1.29, 1.82) is 0 Å². The molecule has 0 aliphatic heterocycles. The van der Waals surface area contributed by atoms with Gasteiger partial charge in [-0.15, -0.1) is 0 Å². The number of methoxy groups -OCH3 is 1. The SMILES string of the molecule is CCOC(=O)c1c(C)cc(OC)cc1C. The molecule has 1 aromatic rings. The molecule has 1 aromatic carbocycles. The van der Waals surface area contributed by atoms with Gasteiger partial charge >= 0.3 is 5.97 Å². The Hall–Kier alpha value is -1.51. The van der Waals surface area contributed by atoms with E-state index >= 15 is 0 Å². The summed E-state index contributed by atoms with van der Waals surface area (Å²) in [5.74, 6) is 0.494. The predicted octanol–water partition coefficient (Wildman–Crippen LogP) is 2.49. The smallest absolute Gasteiger partial charge is 0.338 e. The lowest BCUT2D eigenvalue weighted by Gasteiger charge is -2.10. The number of carbonyl (C=O) groups is 1. The summed E-state index contributed by atoms with van der Waals surface area (Å²) < 4.78 is 10.1. The van der Waals surface area contributed by atoms with Gasteiger partial charge in [-0.1, -0.05) is 0 Å². The molecule has 0 saturated heterocycles. The van der Waals surface area contributed by atoms with Crippen LogP contribution in [0.4, 0.5) is 0 Å². The normalized spacial score (nSPS) is 9.87. The minimum Gasteiger partial charge on any atom is -0.497 e. The number of ether oxygens (including phenoxy) is 2. The van der Waals surface area contributed by atoms with Gasteiger partial charge < -0.3 is 9.47 Å². The lowest BCUT2D eigenvalue weighted by atomic mass is 10.0. The first kappa shape index (κ1) is 11.6. The summed E-state index contributed by atoms with van der Waals surface area (Å²) in [4.78, 5) is 11.6. The van der Waals surface area contributed by atoms with Crippen molar-refractivity contribution in [2.45, 2.75) is 20.8 Å². The molecular formula is C12H16O3. The van der Waals surface area contributed by atoms with Gasteiger partial charge in [0.2, 0.25) is 0 Å². The van der Waals surface area contributed by atoms with Crippen LogP contribution in [0.15, 0.2) is 12.1 Å². The quantitative estimate of drug-likeness (QED) is 0.716. The molecule has 0 aliphatic rings. The number of hydrogen-bond donors (Lipinski definition) is 0. The number of esters is 1. The zero-order valence-corrected chi connectivity index (χ0v) is 9.59. The minimum absolute atomic E-state index is 0.268. The van der Waals surface area contributed by atoms with Gasteiger partial charge in [0, 0.05) is 0 Å². The van der Waals surface area contributed by atoms with E-state index in [9.17, 15) is 4.79 Å². The highest BCUT2D eigenvalue weighted by atomic mass is 16.5. The van der Waals surface area contributed by atoms with Crippen molar-refractivity contribution in [3.8, 4) is 5.75 Å². The Labute approximate surface area is 90.0 Å². The van der Waals surface area contributed by atoms with Crippen LogP contribution in [0.5, 0.6) is 5.75 Å². The maximum absolute atomic E-state index is 11.6. The van der Waals surface area contributed by atoms with Crippen molar-refractivity contribution < 1.29 is 14.3 Å².